The Bertz CT molecular complexity index is 655. The van der Waals surface area contributed by atoms with Crippen LogP contribution in [0.25, 0.3) is 0 Å². The van der Waals surface area contributed by atoms with Crippen LogP contribution in [0.5, 0.6) is 5.75 Å². The van der Waals surface area contributed by atoms with Gasteiger partial charge in [0.25, 0.3) is 5.91 Å². The number of hydrogen-bond acceptors (Lipinski definition) is 3. The molecule has 1 aromatic heterocycles. The lowest BCUT2D eigenvalue weighted by Gasteiger charge is -2.32. The van der Waals surface area contributed by atoms with Gasteiger partial charge in [0, 0.05) is 31.0 Å². The molecular weight excluding hydrogens is 295 g/mol. The summed E-state index contributed by atoms with van der Waals surface area (Å²) in [5.41, 5.74) is 0.668. The second-order valence-corrected chi connectivity index (χ2v) is 5.71. The summed E-state index contributed by atoms with van der Waals surface area (Å²) >= 11 is 0. The number of para-hydroxylation sites is 1. The van der Waals surface area contributed by atoms with E-state index < -0.39 is 0 Å². The van der Waals surface area contributed by atoms with Crippen molar-refractivity contribution in [1.82, 2.24) is 9.88 Å². The van der Waals surface area contributed by atoms with Crippen LogP contribution in [0.1, 0.15) is 23.2 Å². The summed E-state index contributed by atoms with van der Waals surface area (Å²) in [6.07, 6.45) is 4.99. The highest BCUT2D eigenvalue weighted by atomic mass is 19.1. The topological polar surface area (TPSA) is 42.4 Å². The normalized spacial score (nSPS) is 15.4. The molecule has 1 fully saturated rings. The molecule has 2 heterocycles. The Labute approximate surface area is 134 Å². The highest BCUT2D eigenvalue weighted by Gasteiger charge is 2.24. The fraction of sp³-hybridized carbons (Fsp3) is 0.333. The third-order valence-corrected chi connectivity index (χ3v) is 4.14. The molecule has 0 radical (unpaired) electrons. The molecule has 0 atom stereocenters. The molecular formula is C18H19FN2O2. The largest absolute Gasteiger partial charge is 0.490 e. The first kappa shape index (κ1) is 15.5. The van der Waals surface area contributed by atoms with Gasteiger partial charge in [0.15, 0.2) is 11.6 Å². The maximum absolute atomic E-state index is 13.5. The van der Waals surface area contributed by atoms with E-state index in [1.54, 1.807) is 42.7 Å². The number of hydrogen-bond donors (Lipinski definition) is 0. The Morgan fingerprint density at radius 3 is 2.57 bits per heavy atom. The number of nitrogens with zero attached hydrogens (tertiary/aromatic N) is 2. The van der Waals surface area contributed by atoms with Crippen LogP contribution in [0.3, 0.4) is 0 Å². The van der Waals surface area contributed by atoms with E-state index in [4.69, 9.17) is 4.74 Å². The highest BCUT2D eigenvalue weighted by molar-refractivity contribution is 5.94. The first-order chi connectivity index (χ1) is 11.2. The molecule has 1 aromatic carbocycles. The molecule has 0 saturated carbocycles. The molecule has 23 heavy (non-hydrogen) atoms. The van der Waals surface area contributed by atoms with Crippen molar-refractivity contribution in [2.75, 3.05) is 19.7 Å². The Balaban J connectivity index is 1.49. The summed E-state index contributed by atoms with van der Waals surface area (Å²) < 4.78 is 19.1. The van der Waals surface area contributed by atoms with Crippen LogP contribution < -0.4 is 4.74 Å². The van der Waals surface area contributed by atoms with Crippen molar-refractivity contribution < 1.29 is 13.9 Å². The van der Waals surface area contributed by atoms with Crippen molar-refractivity contribution >= 4 is 5.91 Å². The Kier molecular flexibility index (Phi) is 4.86. The Morgan fingerprint density at radius 1 is 1.17 bits per heavy atom. The number of carbonyl (C=O) groups excluding carboxylic acids is 1. The molecule has 0 bridgehead atoms. The van der Waals surface area contributed by atoms with Crippen molar-refractivity contribution in [3.63, 3.8) is 0 Å². The van der Waals surface area contributed by atoms with Gasteiger partial charge in [0.2, 0.25) is 0 Å². The van der Waals surface area contributed by atoms with Gasteiger partial charge in [0.05, 0.1) is 6.61 Å². The molecule has 0 unspecified atom stereocenters. The van der Waals surface area contributed by atoms with E-state index in [9.17, 15) is 9.18 Å². The summed E-state index contributed by atoms with van der Waals surface area (Å²) in [5.74, 6) is 0.345. The monoisotopic (exact) mass is 314 g/mol. The number of ether oxygens (including phenoxy) is 1. The number of benzene rings is 1. The molecule has 1 aliphatic heterocycles. The summed E-state index contributed by atoms with van der Waals surface area (Å²) in [4.78, 5) is 18.1. The lowest BCUT2D eigenvalue weighted by atomic mass is 9.97. The van der Waals surface area contributed by atoms with E-state index >= 15 is 0 Å². The third kappa shape index (κ3) is 3.86. The molecule has 4 nitrogen and oxygen atoms in total. The zero-order chi connectivity index (χ0) is 16.1. The summed E-state index contributed by atoms with van der Waals surface area (Å²) in [6.45, 7) is 1.89. The van der Waals surface area contributed by atoms with E-state index in [0.29, 0.717) is 36.9 Å². The second-order valence-electron chi connectivity index (χ2n) is 5.71. The summed E-state index contributed by atoms with van der Waals surface area (Å²) in [7, 11) is 0. The van der Waals surface area contributed by atoms with Crippen LogP contribution in [-0.2, 0) is 0 Å². The van der Waals surface area contributed by atoms with Crippen LogP contribution >= 0.6 is 0 Å². The minimum Gasteiger partial charge on any atom is -0.490 e. The fourth-order valence-corrected chi connectivity index (χ4v) is 2.75. The van der Waals surface area contributed by atoms with Gasteiger partial charge in [-0.15, -0.1) is 0 Å². The Hall–Kier alpha value is -2.43. The van der Waals surface area contributed by atoms with Crippen LogP contribution in [0.2, 0.25) is 0 Å². The van der Waals surface area contributed by atoms with Crippen LogP contribution in [0.15, 0.2) is 48.8 Å². The van der Waals surface area contributed by atoms with Crippen molar-refractivity contribution in [2.45, 2.75) is 12.8 Å². The molecule has 0 N–H and O–H groups in total. The molecule has 1 saturated heterocycles. The zero-order valence-corrected chi connectivity index (χ0v) is 12.8. The number of carbonyl (C=O) groups is 1. The first-order valence-corrected chi connectivity index (χ1v) is 7.80. The van der Waals surface area contributed by atoms with Gasteiger partial charge in [-0.25, -0.2) is 4.39 Å². The predicted molar refractivity (Wildman–Crippen MR) is 84.8 cm³/mol. The SMILES string of the molecule is O=C(c1ccncc1)N1CCC(COc2ccccc2F)CC1. The van der Waals surface area contributed by atoms with Crippen molar-refractivity contribution in [2.24, 2.45) is 5.92 Å². The first-order valence-electron chi connectivity index (χ1n) is 7.80. The minimum atomic E-state index is -0.335. The lowest BCUT2D eigenvalue weighted by molar-refractivity contribution is 0.0659. The number of piperidine rings is 1. The van der Waals surface area contributed by atoms with Gasteiger partial charge >= 0.3 is 0 Å². The summed E-state index contributed by atoms with van der Waals surface area (Å²) in [5, 5.41) is 0. The smallest absolute Gasteiger partial charge is 0.253 e. The van der Waals surface area contributed by atoms with Crippen molar-refractivity contribution in [3.8, 4) is 5.75 Å². The standard InChI is InChI=1S/C18H19FN2O2/c19-16-3-1-2-4-17(16)23-13-14-7-11-21(12-8-14)18(22)15-5-9-20-10-6-15/h1-6,9-10,14H,7-8,11-13H2. The number of pyridine rings is 1. The van der Waals surface area contributed by atoms with Gasteiger partial charge in [-0.1, -0.05) is 12.1 Å². The molecule has 1 aliphatic rings. The van der Waals surface area contributed by atoms with Crippen LogP contribution in [-0.4, -0.2) is 35.5 Å². The van der Waals surface area contributed by atoms with Crippen molar-refractivity contribution in [3.05, 3.63) is 60.2 Å². The maximum Gasteiger partial charge on any atom is 0.253 e. The number of amides is 1. The number of aromatic nitrogens is 1. The lowest BCUT2D eigenvalue weighted by Crippen LogP contribution is -2.39. The molecule has 0 aliphatic carbocycles. The third-order valence-electron chi connectivity index (χ3n) is 4.14. The van der Waals surface area contributed by atoms with Crippen LogP contribution in [0.4, 0.5) is 4.39 Å². The average Bonchev–Trinajstić information content (AvgIpc) is 2.62. The van der Waals surface area contributed by atoms with Gasteiger partial charge in [-0.2, -0.15) is 0 Å². The van der Waals surface area contributed by atoms with Gasteiger partial charge in [-0.05, 0) is 43.0 Å². The molecule has 2 aromatic rings. The summed E-state index contributed by atoms with van der Waals surface area (Å²) in [6, 6.07) is 9.90. The molecule has 0 spiro atoms. The molecule has 3 rings (SSSR count). The molecule has 120 valence electrons. The maximum atomic E-state index is 13.5. The number of likely N-dealkylation sites (tertiary alicyclic amines) is 1. The van der Waals surface area contributed by atoms with E-state index in [0.717, 1.165) is 12.8 Å². The Morgan fingerprint density at radius 2 is 1.87 bits per heavy atom. The van der Waals surface area contributed by atoms with E-state index in [1.807, 2.05) is 4.90 Å². The van der Waals surface area contributed by atoms with E-state index in [1.165, 1.54) is 6.07 Å². The van der Waals surface area contributed by atoms with Gasteiger partial charge < -0.3 is 9.64 Å². The van der Waals surface area contributed by atoms with Crippen molar-refractivity contribution in [1.29, 1.82) is 0 Å². The molecule has 5 heteroatoms. The van der Waals surface area contributed by atoms with Gasteiger partial charge in [-0.3, -0.25) is 9.78 Å². The quantitative estimate of drug-likeness (QED) is 0.870. The number of halogens is 1. The zero-order valence-electron chi connectivity index (χ0n) is 12.8. The second kappa shape index (κ2) is 7.22. The highest BCUT2D eigenvalue weighted by Crippen LogP contribution is 2.22. The fourth-order valence-electron chi connectivity index (χ4n) is 2.75. The molecule has 1 amide bonds. The average molecular weight is 314 g/mol. The van der Waals surface area contributed by atoms with E-state index in [-0.39, 0.29) is 11.7 Å². The predicted octanol–water partition coefficient (Wildman–Crippen LogP) is 3.15. The number of rotatable bonds is 4. The minimum absolute atomic E-state index is 0.0425. The van der Waals surface area contributed by atoms with Gasteiger partial charge in [0.1, 0.15) is 0 Å². The van der Waals surface area contributed by atoms with Crippen LogP contribution in [0, 0.1) is 11.7 Å². The van der Waals surface area contributed by atoms with E-state index in [2.05, 4.69) is 4.98 Å².